The molecule has 1 unspecified atom stereocenters. The molecule has 2 N–H and O–H groups in total. The minimum absolute atomic E-state index is 0.116. The SMILES string of the molecule is O=[N+]([O-])c1cnn(CC(O)CNC2(c3ccccc3F)CC2)c1. The van der Waals surface area contributed by atoms with Gasteiger partial charge in [0.15, 0.2) is 0 Å². The van der Waals surface area contributed by atoms with Crippen LogP contribution < -0.4 is 5.32 Å². The predicted octanol–water partition coefficient (Wildman–Crippen LogP) is 1.57. The molecule has 0 aliphatic heterocycles. The Morgan fingerprint density at radius 1 is 1.48 bits per heavy atom. The number of nitro groups is 1. The third-order valence-electron chi connectivity index (χ3n) is 4.04. The summed E-state index contributed by atoms with van der Waals surface area (Å²) >= 11 is 0. The molecule has 23 heavy (non-hydrogen) atoms. The van der Waals surface area contributed by atoms with Crippen LogP contribution in [0.4, 0.5) is 10.1 Å². The van der Waals surface area contributed by atoms with E-state index in [-0.39, 0.29) is 24.6 Å². The van der Waals surface area contributed by atoms with Crippen molar-refractivity contribution in [3.8, 4) is 0 Å². The van der Waals surface area contributed by atoms with Crippen molar-refractivity contribution in [2.75, 3.05) is 6.54 Å². The van der Waals surface area contributed by atoms with Gasteiger partial charge >= 0.3 is 5.69 Å². The molecule has 0 radical (unpaired) electrons. The maximum absolute atomic E-state index is 13.9. The van der Waals surface area contributed by atoms with Gasteiger partial charge in [0.2, 0.25) is 0 Å². The highest BCUT2D eigenvalue weighted by Crippen LogP contribution is 2.46. The average Bonchev–Trinajstić information content (AvgIpc) is 3.16. The lowest BCUT2D eigenvalue weighted by Crippen LogP contribution is -2.38. The van der Waals surface area contributed by atoms with Crippen molar-refractivity contribution in [1.29, 1.82) is 0 Å². The number of benzene rings is 1. The van der Waals surface area contributed by atoms with Crippen LogP contribution in [-0.2, 0) is 12.1 Å². The molecule has 0 bridgehead atoms. The number of aliphatic hydroxyl groups excluding tert-OH is 1. The number of nitrogens with one attached hydrogen (secondary N) is 1. The molecule has 1 aromatic heterocycles. The lowest BCUT2D eigenvalue weighted by Gasteiger charge is -2.21. The first-order chi connectivity index (χ1) is 11.0. The zero-order valence-electron chi connectivity index (χ0n) is 12.4. The van der Waals surface area contributed by atoms with Crippen molar-refractivity contribution in [1.82, 2.24) is 15.1 Å². The van der Waals surface area contributed by atoms with E-state index in [9.17, 15) is 19.6 Å². The third kappa shape index (κ3) is 3.38. The Bertz CT molecular complexity index is 714. The van der Waals surface area contributed by atoms with E-state index >= 15 is 0 Å². The molecular weight excluding hydrogens is 303 g/mol. The molecule has 1 aliphatic rings. The number of aliphatic hydroxyl groups is 1. The van der Waals surface area contributed by atoms with Crippen LogP contribution in [0.15, 0.2) is 36.7 Å². The van der Waals surface area contributed by atoms with E-state index in [1.54, 1.807) is 18.2 Å². The monoisotopic (exact) mass is 320 g/mol. The van der Waals surface area contributed by atoms with Gasteiger partial charge in [-0.3, -0.25) is 14.8 Å². The molecular formula is C15H17FN4O3. The predicted molar refractivity (Wildman–Crippen MR) is 80.2 cm³/mol. The normalized spacial score (nSPS) is 17.0. The molecule has 1 aliphatic carbocycles. The Morgan fingerprint density at radius 3 is 2.83 bits per heavy atom. The van der Waals surface area contributed by atoms with Crippen LogP contribution in [0.25, 0.3) is 0 Å². The second kappa shape index (κ2) is 6.05. The van der Waals surface area contributed by atoms with Crippen molar-refractivity contribution in [2.24, 2.45) is 0 Å². The summed E-state index contributed by atoms with van der Waals surface area (Å²) < 4.78 is 15.2. The van der Waals surface area contributed by atoms with Crippen LogP contribution in [0.1, 0.15) is 18.4 Å². The number of halogens is 1. The molecule has 0 saturated heterocycles. The fourth-order valence-corrected chi connectivity index (χ4v) is 2.66. The Balaban J connectivity index is 1.57. The van der Waals surface area contributed by atoms with Gasteiger partial charge in [0.05, 0.1) is 17.6 Å². The van der Waals surface area contributed by atoms with Gasteiger partial charge in [0, 0.05) is 17.6 Å². The van der Waals surface area contributed by atoms with Crippen molar-refractivity contribution in [3.05, 3.63) is 58.2 Å². The Labute approximate surface area is 131 Å². The zero-order chi connectivity index (χ0) is 16.4. The molecule has 1 heterocycles. The molecule has 1 aromatic carbocycles. The molecule has 1 fully saturated rings. The van der Waals surface area contributed by atoms with E-state index in [2.05, 4.69) is 10.4 Å². The molecule has 7 nitrogen and oxygen atoms in total. The van der Waals surface area contributed by atoms with E-state index in [1.165, 1.54) is 16.9 Å². The number of hydrogen-bond acceptors (Lipinski definition) is 5. The summed E-state index contributed by atoms with van der Waals surface area (Å²) in [6.45, 7) is 0.385. The molecule has 2 aromatic rings. The summed E-state index contributed by atoms with van der Waals surface area (Å²) in [5.74, 6) is -0.255. The van der Waals surface area contributed by atoms with Gasteiger partial charge < -0.3 is 10.4 Å². The summed E-state index contributed by atoms with van der Waals surface area (Å²) in [6.07, 6.45) is 3.26. The van der Waals surface area contributed by atoms with Crippen LogP contribution >= 0.6 is 0 Å². The summed E-state index contributed by atoms with van der Waals surface area (Å²) in [6, 6.07) is 6.61. The van der Waals surface area contributed by atoms with Gasteiger partial charge in [-0.2, -0.15) is 5.10 Å². The van der Waals surface area contributed by atoms with Gasteiger partial charge in [0.1, 0.15) is 18.2 Å². The van der Waals surface area contributed by atoms with Crippen molar-refractivity contribution >= 4 is 5.69 Å². The Morgan fingerprint density at radius 2 is 2.22 bits per heavy atom. The largest absolute Gasteiger partial charge is 0.390 e. The fraction of sp³-hybridized carbons (Fsp3) is 0.400. The first kappa shape index (κ1) is 15.6. The van der Waals surface area contributed by atoms with Gasteiger partial charge in [-0.25, -0.2) is 4.39 Å². The first-order valence-electron chi connectivity index (χ1n) is 7.35. The standard InChI is InChI=1S/C15H17FN4O3/c16-14-4-2-1-3-13(14)15(5-6-15)17-8-12(21)10-19-9-11(7-18-19)20(22)23/h1-4,7,9,12,17,21H,5-6,8,10H2. The van der Waals surface area contributed by atoms with Gasteiger partial charge in [0.25, 0.3) is 0 Å². The minimum atomic E-state index is -0.779. The van der Waals surface area contributed by atoms with Crippen molar-refractivity contribution in [2.45, 2.75) is 31.0 Å². The van der Waals surface area contributed by atoms with Crippen LogP contribution in [0.2, 0.25) is 0 Å². The van der Waals surface area contributed by atoms with Crippen LogP contribution in [-0.4, -0.2) is 32.5 Å². The smallest absolute Gasteiger partial charge is 0.306 e. The number of aromatic nitrogens is 2. The van der Waals surface area contributed by atoms with Crippen LogP contribution in [0.5, 0.6) is 0 Å². The zero-order valence-corrected chi connectivity index (χ0v) is 12.4. The molecule has 0 amide bonds. The minimum Gasteiger partial charge on any atom is -0.390 e. The molecule has 1 saturated carbocycles. The molecule has 8 heteroatoms. The van der Waals surface area contributed by atoms with E-state index in [0.717, 1.165) is 19.0 Å². The quantitative estimate of drug-likeness (QED) is 0.596. The van der Waals surface area contributed by atoms with Crippen LogP contribution in [0, 0.1) is 15.9 Å². The highest BCUT2D eigenvalue weighted by molar-refractivity contribution is 5.31. The highest BCUT2D eigenvalue weighted by atomic mass is 19.1. The van der Waals surface area contributed by atoms with Crippen molar-refractivity contribution in [3.63, 3.8) is 0 Å². The van der Waals surface area contributed by atoms with Crippen molar-refractivity contribution < 1.29 is 14.4 Å². The first-order valence-corrected chi connectivity index (χ1v) is 7.35. The van der Waals surface area contributed by atoms with E-state index < -0.39 is 16.6 Å². The molecule has 0 spiro atoms. The molecule has 3 rings (SSSR count). The summed E-state index contributed by atoms with van der Waals surface area (Å²) in [7, 11) is 0. The molecule has 122 valence electrons. The lowest BCUT2D eigenvalue weighted by molar-refractivity contribution is -0.385. The van der Waals surface area contributed by atoms with Crippen LogP contribution in [0.3, 0.4) is 0 Å². The van der Waals surface area contributed by atoms with E-state index in [0.29, 0.717) is 5.56 Å². The third-order valence-corrected chi connectivity index (χ3v) is 4.04. The molecule has 1 atom stereocenters. The number of hydrogen-bond donors (Lipinski definition) is 2. The summed E-state index contributed by atoms with van der Waals surface area (Å²) in [4.78, 5) is 10.1. The Hall–Kier alpha value is -2.32. The fourth-order valence-electron chi connectivity index (χ4n) is 2.66. The Kier molecular flexibility index (Phi) is 4.10. The second-order valence-corrected chi connectivity index (χ2v) is 5.77. The maximum Gasteiger partial charge on any atom is 0.306 e. The van der Waals surface area contributed by atoms with Gasteiger partial charge in [-0.15, -0.1) is 0 Å². The van der Waals surface area contributed by atoms with Gasteiger partial charge in [-0.1, -0.05) is 18.2 Å². The number of rotatable bonds is 7. The van der Waals surface area contributed by atoms with E-state index in [4.69, 9.17) is 0 Å². The number of nitrogens with zero attached hydrogens (tertiary/aromatic N) is 3. The average molecular weight is 320 g/mol. The topological polar surface area (TPSA) is 93.2 Å². The van der Waals surface area contributed by atoms with E-state index in [1.807, 2.05) is 0 Å². The summed E-state index contributed by atoms with van der Waals surface area (Å²) in [5.41, 5.74) is 0.0831. The highest BCUT2D eigenvalue weighted by Gasteiger charge is 2.45. The summed E-state index contributed by atoms with van der Waals surface area (Å²) in [5, 5.41) is 27.7. The lowest BCUT2D eigenvalue weighted by atomic mass is 10.0. The van der Waals surface area contributed by atoms with Gasteiger partial charge in [-0.05, 0) is 18.9 Å². The maximum atomic E-state index is 13.9. The second-order valence-electron chi connectivity index (χ2n) is 5.77.